The Morgan fingerprint density at radius 2 is 1.75 bits per heavy atom. The molecule has 0 radical (unpaired) electrons. The number of amides is 2. The lowest BCUT2D eigenvalue weighted by atomic mass is 9.87. The molecule has 0 bridgehead atoms. The Morgan fingerprint density at radius 3 is 2.44 bits per heavy atom. The normalized spacial score (nSPS) is 21.6. The van der Waals surface area contributed by atoms with Crippen LogP contribution >= 0.6 is 35.2 Å². The summed E-state index contributed by atoms with van der Waals surface area (Å²) in [5.41, 5.74) is 4.27. The third kappa shape index (κ3) is 15.8. The summed E-state index contributed by atoms with van der Waals surface area (Å²) in [6.07, 6.45) is 0.140. The summed E-state index contributed by atoms with van der Waals surface area (Å²) in [7, 11) is -16.4. The van der Waals surface area contributed by atoms with Gasteiger partial charge in [-0.15, -0.1) is 0 Å². The highest BCUT2D eigenvalue weighted by atomic mass is 32.2. The molecule has 3 heterocycles. The van der Waals surface area contributed by atoms with Crippen LogP contribution in [0, 0.1) is 5.41 Å². The monoisotopic (exact) mass is 891 g/mol. The number of aromatic nitrogens is 4. The predicted molar refractivity (Wildman–Crippen MR) is 200 cm³/mol. The van der Waals surface area contributed by atoms with Gasteiger partial charge < -0.3 is 50.9 Å². The van der Waals surface area contributed by atoms with Crippen LogP contribution in [-0.2, 0) is 50.7 Å². The van der Waals surface area contributed by atoms with Crippen molar-refractivity contribution in [1.29, 1.82) is 0 Å². The van der Waals surface area contributed by atoms with Crippen molar-refractivity contribution in [2.75, 3.05) is 37.8 Å². The number of carbonyl (C=O) groups excluding carboxylic acids is 3. The Labute approximate surface area is 330 Å². The highest BCUT2D eigenvalue weighted by Gasteiger charge is 2.50. The summed E-state index contributed by atoms with van der Waals surface area (Å²) in [6, 6.07) is 0. The number of phosphoric ester groups is 3. The number of nitrogens with two attached hydrogens (primary N) is 1. The van der Waals surface area contributed by atoms with Crippen molar-refractivity contribution in [3.63, 3.8) is 0 Å². The topological polar surface area (TPSA) is 364 Å². The Balaban J connectivity index is 1.45. The first kappa shape index (κ1) is 48.7. The molecule has 1 aliphatic rings. The number of nitrogen functional groups attached to an aromatic ring is 1. The Morgan fingerprint density at radius 1 is 1.05 bits per heavy atom. The number of ether oxygens (including phenoxy) is 1. The molecule has 10 N–H and O–H groups in total. The van der Waals surface area contributed by atoms with E-state index in [0.29, 0.717) is 12.2 Å². The number of aliphatic hydroxyl groups is 2. The first-order valence-corrected chi connectivity index (χ1v) is 22.7. The Kier molecular flexibility index (Phi) is 18.4. The first-order valence-electron chi connectivity index (χ1n) is 17.2. The van der Waals surface area contributed by atoms with Crippen LogP contribution in [0.3, 0.4) is 0 Å². The minimum absolute atomic E-state index is 0.0293. The number of fused-ring (bicyclic) bond motifs is 1. The average molecular weight is 892 g/mol. The van der Waals surface area contributed by atoms with Crippen molar-refractivity contribution in [2.24, 2.45) is 5.41 Å². The van der Waals surface area contributed by atoms with Crippen molar-refractivity contribution < 1.29 is 80.5 Å². The molecule has 0 saturated carbocycles. The Hall–Kier alpha value is -2.70. The molecule has 7 unspecified atom stereocenters. The maximum Gasteiger partial charge on any atom is 0.481 e. The third-order valence-corrected chi connectivity index (χ3v) is 12.0. The molecule has 24 nitrogen and oxygen atoms in total. The SMILES string of the molecule is C/C=C/CCCCC(=O)SCCNC(=O)CCNC(=O)C(O)C(C)(C)COP(=O)(O)OP(=O)(O)OCC1OC(n2cnc3c(N)ncnc32)C(O)C1OP(=O)(O)O. The molecule has 2 amide bonds. The van der Waals surface area contributed by atoms with Crippen LogP contribution in [0.2, 0.25) is 0 Å². The number of hydrogen-bond donors (Lipinski definition) is 9. The van der Waals surface area contributed by atoms with Crippen LogP contribution in [0.5, 0.6) is 0 Å². The number of nitrogens with zero attached hydrogens (tertiary/aromatic N) is 4. The lowest BCUT2D eigenvalue weighted by Crippen LogP contribution is -2.46. The fourth-order valence-corrected chi connectivity index (χ4v) is 8.61. The van der Waals surface area contributed by atoms with Gasteiger partial charge >= 0.3 is 23.5 Å². The Bertz CT molecular complexity index is 1860. The van der Waals surface area contributed by atoms with Gasteiger partial charge in [-0.3, -0.25) is 32.5 Å². The van der Waals surface area contributed by atoms with Gasteiger partial charge in [-0.1, -0.05) is 37.8 Å². The molecule has 28 heteroatoms. The highest BCUT2D eigenvalue weighted by Crippen LogP contribution is 2.61. The molecule has 0 aromatic carbocycles. The molecule has 0 aliphatic carbocycles. The molecule has 0 spiro atoms. The molecule has 322 valence electrons. The van der Waals surface area contributed by atoms with Gasteiger partial charge in [0.15, 0.2) is 22.8 Å². The van der Waals surface area contributed by atoms with Gasteiger partial charge in [0.25, 0.3) is 0 Å². The number of carbonyl (C=O) groups is 3. The molecule has 2 aromatic rings. The molecule has 2 aromatic heterocycles. The third-order valence-electron chi connectivity index (χ3n) is 8.00. The summed E-state index contributed by atoms with van der Waals surface area (Å²) < 4.78 is 62.1. The predicted octanol–water partition coefficient (Wildman–Crippen LogP) is 0.801. The number of unbranched alkanes of at least 4 members (excludes halogenated alkanes) is 2. The van der Waals surface area contributed by atoms with Gasteiger partial charge in [0.1, 0.15) is 36.3 Å². The van der Waals surface area contributed by atoms with Crippen LogP contribution in [0.25, 0.3) is 11.2 Å². The van der Waals surface area contributed by atoms with E-state index in [1.54, 1.807) is 0 Å². The molecule has 1 aliphatic heterocycles. The number of allylic oxidation sites excluding steroid dienone is 2. The van der Waals surface area contributed by atoms with Crippen molar-refractivity contribution in [3.05, 3.63) is 24.8 Å². The maximum absolute atomic E-state index is 12.7. The molecule has 57 heavy (non-hydrogen) atoms. The smallest absolute Gasteiger partial charge is 0.386 e. The van der Waals surface area contributed by atoms with Crippen molar-refractivity contribution >= 4 is 69.1 Å². The molecule has 1 fully saturated rings. The van der Waals surface area contributed by atoms with Gasteiger partial charge in [0.05, 0.1) is 19.5 Å². The number of aliphatic hydroxyl groups excluding tert-OH is 2. The molecule has 3 rings (SSSR count). The van der Waals surface area contributed by atoms with Gasteiger partial charge in [0.2, 0.25) is 11.8 Å². The fraction of sp³-hybridized carbons (Fsp3) is 0.655. The number of phosphoric acid groups is 3. The average Bonchev–Trinajstić information content (AvgIpc) is 3.68. The number of anilines is 1. The van der Waals surface area contributed by atoms with Gasteiger partial charge in [-0.2, -0.15) is 4.31 Å². The first-order chi connectivity index (χ1) is 26.6. The lowest BCUT2D eigenvalue weighted by molar-refractivity contribution is -0.137. The summed E-state index contributed by atoms with van der Waals surface area (Å²) in [4.78, 5) is 87.6. The van der Waals surface area contributed by atoms with Crippen LogP contribution in [-0.4, -0.2) is 123 Å². The van der Waals surface area contributed by atoms with Crippen molar-refractivity contribution in [2.45, 2.75) is 83.5 Å². The molecule has 1 saturated heterocycles. The van der Waals surface area contributed by atoms with E-state index in [0.717, 1.165) is 48.2 Å². The van der Waals surface area contributed by atoms with E-state index in [4.69, 9.17) is 19.5 Å². The number of rotatable bonds is 24. The quantitative estimate of drug-likeness (QED) is 0.0400. The van der Waals surface area contributed by atoms with Gasteiger partial charge in [-0.05, 0) is 26.2 Å². The number of nitrogens with one attached hydrogen (secondary N) is 2. The largest absolute Gasteiger partial charge is 0.481 e. The van der Waals surface area contributed by atoms with E-state index in [2.05, 4.69) is 34.4 Å². The van der Waals surface area contributed by atoms with E-state index >= 15 is 0 Å². The molecular formula is C29H48N7O17P3S. The van der Waals surface area contributed by atoms with Crippen LogP contribution in [0.1, 0.15) is 59.1 Å². The summed E-state index contributed by atoms with van der Waals surface area (Å²) in [6.45, 7) is 2.47. The second kappa shape index (κ2) is 21.5. The van der Waals surface area contributed by atoms with Crippen molar-refractivity contribution in [1.82, 2.24) is 30.2 Å². The minimum Gasteiger partial charge on any atom is -0.386 e. The second-order valence-corrected chi connectivity index (χ2v) is 18.5. The van der Waals surface area contributed by atoms with Gasteiger partial charge in [0, 0.05) is 37.1 Å². The van der Waals surface area contributed by atoms with Crippen LogP contribution in [0.15, 0.2) is 24.8 Å². The zero-order valence-corrected chi connectivity index (χ0v) is 34.6. The van der Waals surface area contributed by atoms with Gasteiger partial charge in [-0.25, -0.2) is 28.6 Å². The van der Waals surface area contributed by atoms with E-state index in [1.165, 1.54) is 13.8 Å². The molecule has 7 atom stereocenters. The van der Waals surface area contributed by atoms with E-state index in [1.807, 2.05) is 19.1 Å². The van der Waals surface area contributed by atoms with Crippen LogP contribution in [0.4, 0.5) is 5.82 Å². The minimum atomic E-state index is -5.57. The summed E-state index contributed by atoms with van der Waals surface area (Å²) in [5.74, 6) is -1.06. The summed E-state index contributed by atoms with van der Waals surface area (Å²) in [5, 5.41) is 26.4. The zero-order valence-electron chi connectivity index (χ0n) is 31.1. The highest BCUT2D eigenvalue weighted by molar-refractivity contribution is 8.13. The standard InChI is InChI=1S/C29H48N7O17P3S/c1-4-5-6-7-8-9-20(38)57-13-12-31-19(37)10-11-32-27(41)24(40)29(2,3)15-50-56(47,48)53-55(45,46)49-14-18-23(52-54(42,43)44)22(39)28(51-18)36-17-35-21-25(30)33-16-34-26(21)36/h4-5,16-18,22-24,28,39-40H,6-15H2,1-3H3,(H,31,37)(H,32,41)(H,45,46)(H,47,48)(H2,30,33,34)(H2,42,43,44)/b5-4+. The second-order valence-electron chi connectivity index (χ2n) is 13.1. The lowest BCUT2D eigenvalue weighted by Gasteiger charge is -2.30. The fourth-order valence-electron chi connectivity index (χ4n) is 5.07. The summed E-state index contributed by atoms with van der Waals surface area (Å²) >= 11 is 1.12. The van der Waals surface area contributed by atoms with E-state index in [-0.39, 0.29) is 41.6 Å². The van der Waals surface area contributed by atoms with Crippen LogP contribution < -0.4 is 16.4 Å². The van der Waals surface area contributed by atoms with E-state index < -0.39 is 84.6 Å². The number of thioether (sulfide) groups is 1. The number of hydrogen-bond acceptors (Lipinski definition) is 18. The van der Waals surface area contributed by atoms with E-state index in [9.17, 15) is 57.9 Å². The molecular weight excluding hydrogens is 843 g/mol. The maximum atomic E-state index is 12.7. The van der Waals surface area contributed by atoms with Crippen molar-refractivity contribution in [3.8, 4) is 0 Å². The zero-order chi connectivity index (χ0) is 42.6. The number of imidazole rings is 1.